The third-order valence-electron chi connectivity index (χ3n) is 13.9. The highest BCUT2D eigenvalue weighted by atomic mass is 31.2. The number of rotatable bonds is 58. The number of allylic oxidation sites excluding steroid dienone is 17. The smallest absolute Gasteiger partial charge is 0.456 e. The number of amides is 1. The average Bonchev–Trinajstić information content (AvgIpc) is 3.42. The molecule has 0 heterocycles. The molecule has 10 heteroatoms. The van der Waals surface area contributed by atoms with Crippen molar-refractivity contribution < 1.29 is 37.3 Å². The number of hydrogen-bond acceptors (Lipinski definition) is 6. The molecule has 3 atom stereocenters. The van der Waals surface area contributed by atoms with E-state index in [1.54, 1.807) is 0 Å². The zero-order chi connectivity index (χ0) is 58.6. The molecule has 0 aliphatic carbocycles. The zero-order valence-electron chi connectivity index (χ0n) is 52.5. The molecule has 0 saturated heterocycles. The van der Waals surface area contributed by atoms with E-state index in [0.717, 1.165) is 128 Å². The number of unbranched alkanes of at least 4 members (excludes halogenated alkanes) is 26. The summed E-state index contributed by atoms with van der Waals surface area (Å²) in [5.41, 5.74) is 0. The number of nitrogens with one attached hydrogen (secondary N) is 1. The van der Waals surface area contributed by atoms with E-state index in [1.807, 2.05) is 33.3 Å². The van der Waals surface area contributed by atoms with E-state index < -0.39 is 20.0 Å². The Morgan fingerprint density at radius 3 is 1.23 bits per heavy atom. The van der Waals surface area contributed by atoms with Crippen molar-refractivity contribution in [2.24, 2.45) is 0 Å². The summed E-state index contributed by atoms with van der Waals surface area (Å²) in [7, 11) is 1.47. The monoisotopic (exact) mass is 1140 g/mol. The maximum atomic E-state index is 13.6. The van der Waals surface area contributed by atoms with Gasteiger partial charge in [0.25, 0.3) is 0 Å². The number of likely N-dealkylation sites (N-methyl/N-ethyl adjacent to an activating group) is 1. The van der Waals surface area contributed by atoms with Crippen LogP contribution in [-0.2, 0) is 27.9 Å². The standard InChI is InChI=1S/C70H123N2O7P/c1-7-10-13-16-19-22-25-28-30-32-34-36-38-40-42-44-47-50-53-56-59-62-69(73)71-67(66-78-80(75,76)77-65-64-72(4,5)6)68(61-58-55-52-49-46-27-24-21-18-15-12-9-3)79-70(74)63-60-57-54-51-48-45-43-41-39-37-35-33-31-29-26-23-20-17-14-11-8-2/h11,14,19-20,22-23,28-31,34-37,41,43,58,61,67-68H,7-10,12-13,15-18,21,24-27,32-33,38-40,42,44-57,59-60,62-66H2,1-6H3,(H-,71,73,75,76)/p+1/b14-11-,22-19-,23-20-,30-28-,31-29-,36-34-,37-35-,43-41-,61-58+. The second-order valence-corrected chi connectivity index (χ2v) is 24.4. The molecule has 9 nitrogen and oxygen atoms in total. The SMILES string of the molecule is CC/C=C\C/C=C\C/C=C\C/C=C\C/C=C\CCCCCCCC(=O)OC(/C=C/CCCCCCCCCCCC)C(COP(=O)(O)OCC[N+](C)(C)C)NC(=O)CCCCCCCCCC/C=C\C/C=C\C/C=C\CCCCC. The fourth-order valence-corrected chi connectivity index (χ4v) is 9.65. The molecule has 0 aromatic heterocycles. The molecule has 0 aliphatic heterocycles. The van der Waals surface area contributed by atoms with Crippen LogP contribution in [0, 0.1) is 0 Å². The van der Waals surface area contributed by atoms with E-state index >= 15 is 0 Å². The largest absolute Gasteiger partial charge is 0.472 e. The number of carbonyl (C=O) groups excluding carboxylic acids is 2. The summed E-state index contributed by atoms with van der Waals surface area (Å²) in [6.45, 7) is 6.85. The molecule has 1 amide bonds. The van der Waals surface area contributed by atoms with Gasteiger partial charge in [0, 0.05) is 12.8 Å². The van der Waals surface area contributed by atoms with Gasteiger partial charge in [0.15, 0.2) is 0 Å². The van der Waals surface area contributed by atoms with Gasteiger partial charge in [0.05, 0.1) is 33.8 Å². The van der Waals surface area contributed by atoms with Crippen LogP contribution in [0.25, 0.3) is 0 Å². The molecule has 3 unspecified atom stereocenters. The van der Waals surface area contributed by atoms with E-state index in [0.29, 0.717) is 23.9 Å². The topological polar surface area (TPSA) is 111 Å². The Morgan fingerprint density at radius 2 is 0.800 bits per heavy atom. The van der Waals surface area contributed by atoms with Gasteiger partial charge in [-0.2, -0.15) is 0 Å². The van der Waals surface area contributed by atoms with Gasteiger partial charge >= 0.3 is 13.8 Å². The van der Waals surface area contributed by atoms with Gasteiger partial charge in [-0.15, -0.1) is 0 Å². The van der Waals surface area contributed by atoms with Crippen molar-refractivity contribution in [2.45, 2.75) is 283 Å². The van der Waals surface area contributed by atoms with Crippen LogP contribution in [0.3, 0.4) is 0 Å². The fraction of sp³-hybridized carbons (Fsp3) is 0.714. The molecule has 0 rings (SSSR count). The lowest BCUT2D eigenvalue weighted by atomic mass is 10.0. The maximum Gasteiger partial charge on any atom is 0.472 e. The van der Waals surface area contributed by atoms with Crippen LogP contribution in [0.2, 0.25) is 0 Å². The van der Waals surface area contributed by atoms with Crippen LogP contribution in [0.5, 0.6) is 0 Å². The third kappa shape index (κ3) is 59.3. The third-order valence-corrected chi connectivity index (χ3v) is 14.9. The van der Waals surface area contributed by atoms with Crippen molar-refractivity contribution in [3.8, 4) is 0 Å². The lowest BCUT2D eigenvalue weighted by Crippen LogP contribution is -2.47. The molecule has 460 valence electrons. The van der Waals surface area contributed by atoms with Crippen LogP contribution in [0.15, 0.2) is 109 Å². The van der Waals surface area contributed by atoms with Gasteiger partial charge in [-0.1, -0.05) is 252 Å². The van der Waals surface area contributed by atoms with Gasteiger partial charge in [-0.25, -0.2) is 4.57 Å². The summed E-state index contributed by atoms with van der Waals surface area (Å²) >= 11 is 0. The predicted octanol–water partition coefficient (Wildman–Crippen LogP) is 20.5. The number of esters is 1. The van der Waals surface area contributed by atoms with E-state index in [4.69, 9.17) is 13.8 Å². The number of carbonyl (C=O) groups is 2. The van der Waals surface area contributed by atoms with Crippen molar-refractivity contribution in [2.75, 3.05) is 40.9 Å². The Balaban J connectivity index is 5.26. The summed E-state index contributed by atoms with van der Waals surface area (Å²) in [6.07, 6.45) is 80.8. The van der Waals surface area contributed by atoms with Gasteiger partial charge in [0.2, 0.25) is 5.91 Å². The number of phosphoric ester groups is 1. The fourth-order valence-electron chi connectivity index (χ4n) is 8.91. The molecule has 0 fully saturated rings. The lowest BCUT2D eigenvalue weighted by molar-refractivity contribution is -0.870. The molecule has 0 radical (unpaired) electrons. The normalized spacial score (nSPS) is 14.3. The van der Waals surface area contributed by atoms with Crippen LogP contribution in [0.1, 0.15) is 271 Å². The van der Waals surface area contributed by atoms with Crippen molar-refractivity contribution in [1.82, 2.24) is 5.32 Å². The molecule has 0 aliphatic rings. The quantitative estimate of drug-likeness (QED) is 0.0205. The van der Waals surface area contributed by atoms with Crippen LogP contribution >= 0.6 is 7.82 Å². The Hall–Kier alpha value is -3.33. The first-order valence-electron chi connectivity index (χ1n) is 32.7. The van der Waals surface area contributed by atoms with Gasteiger partial charge in [-0.3, -0.25) is 18.6 Å². The molecular formula is C70H124N2O7P+. The number of ether oxygens (including phenoxy) is 1. The number of nitrogens with zero attached hydrogens (tertiary/aromatic N) is 1. The Bertz CT molecular complexity index is 1740. The van der Waals surface area contributed by atoms with E-state index in [9.17, 15) is 19.0 Å². The molecular weight excluding hydrogens is 1010 g/mol. The van der Waals surface area contributed by atoms with Crippen molar-refractivity contribution >= 4 is 19.7 Å². The van der Waals surface area contributed by atoms with Crippen LogP contribution in [0.4, 0.5) is 0 Å². The van der Waals surface area contributed by atoms with E-state index in [1.165, 1.54) is 103 Å². The Morgan fingerprint density at radius 1 is 0.450 bits per heavy atom. The summed E-state index contributed by atoms with van der Waals surface area (Å²) in [5, 5.41) is 3.05. The first kappa shape index (κ1) is 76.7. The van der Waals surface area contributed by atoms with Gasteiger partial charge < -0.3 is 19.4 Å². The van der Waals surface area contributed by atoms with Gasteiger partial charge in [0.1, 0.15) is 19.3 Å². The summed E-state index contributed by atoms with van der Waals surface area (Å²) < 4.78 is 30.7. The first-order chi connectivity index (χ1) is 38.9. The van der Waals surface area contributed by atoms with Crippen molar-refractivity contribution in [3.05, 3.63) is 109 Å². The molecule has 0 aromatic rings. The molecule has 0 bridgehead atoms. The van der Waals surface area contributed by atoms with Gasteiger partial charge in [-0.05, 0) is 115 Å². The van der Waals surface area contributed by atoms with E-state index in [-0.39, 0.29) is 31.5 Å². The average molecular weight is 1140 g/mol. The maximum absolute atomic E-state index is 13.6. The predicted molar refractivity (Wildman–Crippen MR) is 346 cm³/mol. The van der Waals surface area contributed by atoms with E-state index in [2.05, 4.69) is 123 Å². The molecule has 0 saturated carbocycles. The highest BCUT2D eigenvalue weighted by Gasteiger charge is 2.30. The lowest BCUT2D eigenvalue weighted by Gasteiger charge is -2.27. The van der Waals surface area contributed by atoms with Crippen molar-refractivity contribution in [3.63, 3.8) is 0 Å². The van der Waals surface area contributed by atoms with Crippen LogP contribution < -0.4 is 5.32 Å². The number of hydrogen-bond donors (Lipinski definition) is 2. The molecule has 80 heavy (non-hydrogen) atoms. The minimum Gasteiger partial charge on any atom is -0.456 e. The summed E-state index contributed by atoms with van der Waals surface area (Å²) in [4.78, 5) is 37.8. The molecule has 0 spiro atoms. The minimum atomic E-state index is -4.46. The van der Waals surface area contributed by atoms with Crippen molar-refractivity contribution in [1.29, 1.82) is 0 Å². The minimum absolute atomic E-state index is 0.0299. The molecule has 0 aromatic carbocycles. The van der Waals surface area contributed by atoms with Crippen LogP contribution in [-0.4, -0.2) is 74.3 Å². The number of quaternary nitrogens is 1. The highest BCUT2D eigenvalue weighted by Crippen LogP contribution is 2.43. The highest BCUT2D eigenvalue weighted by molar-refractivity contribution is 7.47. The number of phosphoric acid groups is 1. The Kier molecular flexibility index (Phi) is 56.4. The zero-order valence-corrected chi connectivity index (χ0v) is 53.4. The first-order valence-corrected chi connectivity index (χ1v) is 34.2. The summed E-state index contributed by atoms with van der Waals surface area (Å²) in [6, 6.07) is -0.868. The second-order valence-electron chi connectivity index (χ2n) is 22.9. The second kappa shape index (κ2) is 58.9. The Labute approximate surface area is 493 Å². The molecule has 2 N–H and O–H groups in total. The summed E-state index contributed by atoms with van der Waals surface area (Å²) in [5.74, 6) is -0.538.